The van der Waals surface area contributed by atoms with Crippen LogP contribution in [0.5, 0.6) is 0 Å². The predicted octanol–water partition coefficient (Wildman–Crippen LogP) is 18.3. The van der Waals surface area contributed by atoms with Gasteiger partial charge < -0.3 is 4.74 Å². The monoisotopic (exact) mass is 865 g/mol. The number of methoxy groups -OCH3 is 1. The molecule has 1 aromatic heterocycles. The zero-order valence-corrected chi connectivity index (χ0v) is 41.6. The first-order valence-electron chi connectivity index (χ1n) is 27.2. The molecule has 1 aliphatic rings. The van der Waals surface area contributed by atoms with Gasteiger partial charge >= 0.3 is 0 Å². The lowest BCUT2D eigenvalue weighted by atomic mass is 9.93. The lowest BCUT2D eigenvalue weighted by Gasteiger charge is -2.22. The Morgan fingerprint density at radius 3 is 1.41 bits per heavy atom. The van der Waals surface area contributed by atoms with Gasteiger partial charge in [0.25, 0.3) is 0 Å². The summed E-state index contributed by atoms with van der Waals surface area (Å²) in [5.74, 6) is 3.94. The maximum Gasteiger partial charge on any atom is 0.214 e. The molecule has 1 saturated carbocycles. The molecular formula is C55H100N4OS. The number of thioether (sulfide) groups is 1. The third-order valence-corrected chi connectivity index (χ3v) is 15.2. The Labute approximate surface area is 383 Å². The number of para-hydroxylation sites is 1. The number of hydrogen-bond acceptors (Lipinski definition) is 5. The van der Waals surface area contributed by atoms with Gasteiger partial charge in [-0.25, -0.2) is 0 Å². The molecule has 1 fully saturated rings. The summed E-state index contributed by atoms with van der Waals surface area (Å²) in [5, 5.41) is 13.2. The van der Waals surface area contributed by atoms with Gasteiger partial charge in [-0.1, -0.05) is 275 Å². The second-order valence-corrected chi connectivity index (χ2v) is 20.8. The van der Waals surface area contributed by atoms with Crippen LogP contribution < -0.4 is 0 Å². The summed E-state index contributed by atoms with van der Waals surface area (Å²) in [6.07, 6.45) is 57.9. The molecule has 5 nitrogen and oxygen atoms in total. The fourth-order valence-corrected chi connectivity index (χ4v) is 10.8. The molecule has 0 N–H and O–H groups in total. The van der Waals surface area contributed by atoms with E-state index in [2.05, 4.69) is 41.5 Å². The number of benzene rings is 1. The van der Waals surface area contributed by atoms with Gasteiger partial charge in [0.05, 0.1) is 11.8 Å². The highest BCUT2D eigenvalue weighted by molar-refractivity contribution is 7.99. The Hall–Kier alpha value is -1.40. The molecule has 0 bridgehead atoms. The zero-order valence-electron chi connectivity index (χ0n) is 40.8. The molecule has 0 unspecified atom stereocenters. The molecular weight excluding hydrogens is 765 g/mol. The third-order valence-electron chi connectivity index (χ3n) is 14.2. The molecule has 0 saturated heterocycles. The fourth-order valence-electron chi connectivity index (χ4n) is 9.93. The first kappa shape index (κ1) is 53.9. The van der Waals surface area contributed by atoms with Crippen molar-refractivity contribution in [3.05, 3.63) is 30.3 Å². The van der Waals surface area contributed by atoms with E-state index >= 15 is 0 Å². The first-order valence-corrected chi connectivity index (χ1v) is 28.2. The van der Waals surface area contributed by atoms with Crippen LogP contribution in [0, 0.1) is 17.8 Å². The van der Waals surface area contributed by atoms with Crippen LogP contribution in [-0.2, 0) is 4.74 Å². The molecule has 2 aromatic rings. The van der Waals surface area contributed by atoms with Crippen LogP contribution in [0.4, 0.5) is 0 Å². The van der Waals surface area contributed by atoms with Gasteiger partial charge in [-0.2, -0.15) is 4.68 Å². The molecule has 1 aliphatic carbocycles. The summed E-state index contributed by atoms with van der Waals surface area (Å²) in [6.45, 7) is 4.75. The van der Waals surface area contributed by atoms with Gasteiger partial charge in [0, 0.05) is 12.9 Å². The normalized spacial score (nSPS) is 16.0. The number of unbranched alkanes of at least 4 members (excludes halogenated alkanes) is 32. The second-order valence-electron chi connectivity index (χ2n) is 19.7. The van der Waals surface area contributed by atoms with Crippen molar-refractivity contribution in [2.24, 2.45) is 17.8 Å². The summed E-state index contributed by atoms with van der Waals surface area (Å²) in [7, 11) is 1.95. The lowest BCUT2D eigenvalue weighted by molar-refractivity contribution is 0.0456. The smallest absolute Gasteiger partial charge is 0.214 e. The molecule has 1 heterocycles. The zero-order chi connectivity index (χ0) is 43.1. The molecule has 1 aromatic carbocycles. The van der Waals surface area contributed by atoms with Gasteiger partial charge in [-0.3, -0.25) is 0 Å². The highest BCUT2D eigenvalue weighted by Gasteiger charge is 2.35. The minimum absolute atomic E-state index is 0.473. The van der Waals surface area contributed by atoms with Crippen LogP contribution in [0.3, 0.4) is 0 Å². The van der Waals surface area contributed by atoms with Crippen LogP contribution in [0.2, 0.25) is 0 Å². The number of ether oxygens (including phenoxy) is 1. The third kappa shape index (κ3) is 28.9. The van der Waals surface area contributed by atoms with E-state index in [1.807, 2.05) is 30.0 Å². The predicted molar refractivity (Wildman–Crippen MR) is 267 cm³/mol. The first-order chi connectivity index (χ1) is 30.2. The van der Waals surface area contributed by atoms with Crippen molar-refractivity contribution >= 4 is 11.8 Å². The van der Waals surface area contributed by atoms with Crippen LogP contribution in [-0.4, -0.2) is 39.2 Å². The molecule has 0 spiro atoms. The van der Waals surface area contributed by atoms with Crippen LogP contribution in [0.15, 0.2) is 35.5 Å². The van der Waals surface area contributed by atoms with Gasteiger partial charge in [-0.05, 0) is 66.0 Å². The second kappa shape index (κ2) is 39.0. The highest BCUT2D eigenvalue weighted by Crippen LogP contribution is 2.45. The minimum atomic E-state index is 0.473. The van der Waals surface area contributed by atoms with E-state index in [0.29, 0.717) is 12.0 Å². The minimum Gasteiger partial charge on any atom is -0.381 e. The van der Waals surface area contributed by atoms with Crippen molar-refractivity contribution in [1.82, 2.24) is 20.2 Å². The van der Waals surface area contributed by atoms with Crippen molar-refractivity contribution in [1.29, 1.82) is 0 Å². The fraction of sp³-hybridized carbons (Fsp3) is 0.873. The van der Waals surface area contributed by atoms with Crippen LogP contribution >= 0.6 is 11.8 Å². The van der Waals surface area contributed by atoms with Crippen molar-refractivity contribution in [3.63, 3.8) is 0 Å². The number of aromatic nitrogens is 4. The van der Waals surface area contributed by atoms with Gasteiger partial charge in [-0.15, -0.1) is 5.10 Å². The van der Waals surface area contributed by atoms with E-state index in [1.165, 1.54) is 257 Å². The van der Waals surface area contributed by atoms with Crippen molar-refractivity contribution in [2.75, 3.05) is 12.9 Å². The number of hydrogen-bond donors (Lipinski definition) is 0. The summed E-state index contributed by atoms with van der Waals surface area (Å²) < 4.78 is 7.81. The van der Waals surface area contributed by atoms with E-state index < -0.39 is 0 Å². The molecule has 0 amide bonds. The average molecular weight is 865 g/mol. The number of nitrogens with zero attached hydrogens (tertiary/aromatic N) is 4. The quantitative estimate of drug-likeness (QED) is 0.0490. The van der Waals surface area contributed by atoms with Crippen LogP contribution in [0.25, 0.3) is 5.69 Å². The standard InChI is InChI=1S/C55H100N4OS/c1-4-5-6-7-8-9-10-11-12-13-16-19-22-25-29-35-42-50(2)54(60-3)47-40-32-27-24-21-18-15-14-17-20-23-26-30-36-43-51-49-52(51)44-37-31-28-33-41-48-61-55-56-57-58-59(55)53-45-38-34-39-46-53/h34,38-39,45-46,50-52,54H,4-33,35-37,40-44,47-49H2,1-3H3/t50-,51+,52-,54-/m1/s1. The van der Waals surface area contributed by atoms with E-state index in [-0.39, 0.29) is 0 Å². The van der Waals surface area contributed by atoms with Gasteiger partial charge in [0.1, 0.15) is 0 Å². The molecule has 0 aliphatic heterocycles. The largest absolute Gasteiger partial charge is 0.381 e. The number of tetrazole rings is 1. The van der Waals surface area contributed by atoms with Crippen molar-refractivity contribution < 1.29 is 4.74 Å². The SMILES string of the molecule is CCCCCCCCCCCCCCCCCC[C@@H](C)[C@@H](CCCCCCCCCCCCCCCC[C@H]1C[C@H]1CCCCCCCSc1nnnn1-c1ccccc1)OC. The van der Waals surface area contributed by atoms with Gasteiger partial charge in [0.2, 0.25) is 5.16 Å². The summed E-state index contributed by atoms with van der Waals surface area (Å²) in [6, 6.07) is 10.2. The molecule has 4 atom stereocenters. The number of rotatable bonds is 46. The Kier molecular flexibility index (Phi) is 34.5. The summed E-state index contributed by atoms with van der Waals surface area (Å²) >= 11 is 1.78. The van der Waals surface area contributed by atoms with Crippen LogP contribution in [0.1, 0.15) is 271 Å². The topological polar surface area (TPSA) is 52.8 Å². The lowest BCUT2D eigenvalue weighted by Crippen LogP contribution is -2.20. The van der Waals surface area contributed by atoms with E-state index in [9.17, 15) is 0 Å². The molecule has 61 heavy (non-hydrogen) atoms. The molecule has 3 rings (SSSR count). The highest BCUT2D eigenvalue weighted by atomic mass is 32.2. The van der Waals surface area contributed by atoms with E-state index in [0.717, 1.165) is 28.4 Å². The van der Waals surface area contributed by atoms with Crippen molar-refractivity contribution in [2.45, 2.75) is 282 Å². The average Bonchev–Trinajstić information content (AvgIpc) is 3.86. The molecule has 6 heteroatoms. The Bertz CT molecular complexity index is 1210. The maximum atomic E-state index is 5.96. The summed E-state index contributed by atoms with van der Waals surface area (Å²) in [5.41, 5.74) is 1.03. The van der Waals surface area contributed by atoms with Gasteiger partial charge in [0.15, 0.2) is 0 Å². The molecule has 352 valence electrons. The maximum absolute atomic E-state index is 5.96. The summed E-state index contributed by atoms with van der Waals surface area (Å²) in [4.78, 5) is 0. The van der Waals surface area contributed by atoms with E-state index in [1.54, 1.807) is 11.8 Å². The molecule has 0 radical (unpaired) electrons. The van der Waals surface area contributed by atoms with Crippen molar-refractivity contribution in [3.8, 4) is 5.69 Å². The Balaban J connectivity index is 0.961. The Morgan fingerprint density at radius 1 is 0.541 bits per heavy atom. The Morgan fingerprint density at radius 2 is 0.951 bits per heavy atom. The van der Waals surface area contributed by atoms with E-state index in [4.69, 9.17) is 4.74 Å².